The Balaban J connectivity index is 2.97. The number of benzene rings is 1. The lowest BCUT2D eigenvalue weighted by molar-refractivity contribution is -0.143. The highest BCUT2D eigenvalue weighted by Crippen LogP contribution is 2.38. The summed E-state index contributed by atoms with van der Waals surface area (Å²) in [5, 5.41) is 9.05. The highest BCUT2D eigenvalue weighted by Gasteiger charge is 2.40. The zero-order valence-corrected chi connectivity index (χ0v) is 10.6. The summed E-state index contributed by atoms with van der Waals surface area (Å²) in [6, 6.07) is 4.32. The number of nitrogens with zero attached hydrogens (tertiary/aromatic N) is 1. The fourth-order valence-electron chi connectivity index (χ4n) is 1.96. The standard InChI is InChI=1S/C11H7BrF3NO2/c1-16-7-4-5(12)2-3-6(7)8(10(17)18)9(16)11(13,14)15/h2-4H,1H3,(H,17,18). The molecule has 0 aliphatic carbocycles. The van der Waals surface area contributed by atoms with Crippen LogP contribution >= 0.6 is 15.9 Å². The first-order chi connectivity index (χ1) is 8.23. The SMILES string of the molecule is Cn1c(C(F)(F)F)c(C(=O)O)c2ccc(Br)cc21. The van der Waals surface area contributed by atoms with Gasteiger partial charge in [-0.15, -0.1) is 0 Å². The zero-order valence-electron chi connectivity index (χ0n) is 9.05. The van der Waals surface area contributed by atoms with Crippen LogP contribution in [-0.4, -0.2) is 15.6 Å². The van der Waals surface area contributed by atoms with Gasteiger partial charge in [0.05, 0.1) is 11.1 Å². The van der Waals surface area contributed by atoms with E-state index in [1.165, 1.54) is 25.2 Å². The number of alkyl halides is 3. The molecule has 0 aliphatic rings. The van der Waals surface area contributed by atoms with Crippen LogP contribution in [-0.2, 0) is 13.2 Å². The van der Waals surface area contributed by atoms with Crippen LogP contribution < -0.4 is 0 Å². The van der Waals surface area contributed by atoms with Gasteiger partial charge in [-0.3, -0.25) is 0 Å². The van der Waals surface area contributed by atoms with E-state index in [-0.39, 0.29) is 10.9 Å². The predicted octanol–water partition coefficient (Wildman–Crippen LogP) is 3.66. The number of rotatable bonds is 1. The van der Waals surface area contributed by atoms with Crippen molar-refractivity contribution in [2.75, 3.05) is 0 Å². The Hall–Kier alpha value is -1.50. The maximum Gasteiger partial charge on any atom is 0.432 e. The summed E-state index contributed by atoms with van der Waals surface area (Å²) in [5.41, 5.74) is -1.65. The first-order valence-corrected chi connectivity index (χ1v) is 5.61. The largest absolute Gasteiger partial charge is 0.478 e. The van der Waals surface area contributed by atoms with Crippen molar-refractivity contribution in [2.45, 2.75) is 6.18 Å². The zero-order chi connectivity index (χ0) is 13.7. The third-order valence-corrected chi connectivity index (χ3v) is 3.14. The quantitative estimate of drug-likeness (QED) is 0.871. The molecule has 0 amide bonds. The molecule has 18 heavy (non-hydrogen) atoms. The topological polar surface area (TPSA) is 42.2 Å². The van der Waals surface area contributed by atoms with Gasteiger partial charge in [-0.1, -0.05) is 22.0 Å². The van der Waals surface area contributed by atoms with Gasteiger partial charge >= 0.3 is 12.1 Å². The Labute approximate surface area is 108 Å². The number of aromatic carboxylic acids is 1. The lowest BCUT2D eigenvalue weighted by Gasteiger charge is -2.09. The number of aromatic nitrogens is 1. The number of carboxylic acids is 1. The summed E-state index contributed by atoms with van der Waals surface area (Å²) in [5.74, 6) is -1.59. The first-order valence-electron chi connectivity index (χ1n) is 4.82. The molecule has 0 radical (unpaired) electrons. The van der Waals surface area contributed by atoms with Gasteiger partial charge in [-0.25, -0.2) is 4.79 Å². The molecule has 0 fully saturated rings. The van der Waals surface area contributed by atoms with Gasteiger partial charge in [0.25, 0.3) is 0 Å². The molecular weight excluding hydrogens is 315 g/mol. The van der Waals surface area contributed by atoms with Crippen LogP contribution in [0.15, 0.2) is 22.7 Å². The van der Waals surface area contributed by atoms with Crippen molar-refractivity contribution in [2.24, 2.45) is 7.05 Å². The van der Waals surface area contributed by atoms with Crippen LogP contribution in [0.3, 0.4) is 0 Å². The van der Waals surface area contributed by atoms with Crippen molar-refractivity contribution in [1.29, 1.82) is 0 Å². The summed E-state index contributed by atoms with van der Waals surface area (Å²) >= 11 is 3.15. The predicted molar refractivity (Wildman–Crippen MR) is 62.6 cm³/mol. The van der Waals surface area contributed by atoms with Crippen molar-refractivity contribution in [3.05, 3.63) is 33.9 Å². The van der Waals surface area contributed by atoms with E-state index in [1.807, 2.05) is 0 Å². The van der Waals surface area contributed by atoms with E-state index >= 15 is 0 Å². The smallest absolute Gasteiger partial charge is 0.432 e. The highest BCUT2D eigenvalue weighted by molar-refractivity contribution is 9.10. The van der Waals surface area contributed by atoms with E-state index in [1.54, 1.807) is 0 Å². The number of halogens is 4. The average molecular weight is 322 g/mol. The maximum atomic E-state index is 12.9. The molecule has 0 aliphatic heterocycles. The van der Waals surface area contributed by atoms with E-state index < -0.39 is 23.4 Å². The van der Waals surface area contributed by atoms with Crippen LogP contribution in [0.25, 0.3) is 10.9 Å². The summed E-state index contributed by atoms with van der Waals surface area (Å²) in [6.07, 6.45) is -4.71. The molecule has 2 aromatic rings. The van der Waals surface area contributed by atoms with Gasteiger partial charge < -0.3 is 9.67 Å². The van der Waals surface area contributed by atoms with Crippen molar-refractivity contribution >= 4 is 32.8 Å². The van der Waals surface area contributed by atoms with Crippen LogP contribution in [0.5, 0.6) is 0 Å². The molecule has 0 unspecified atom stereocenters. The molecule has 96 valence electrons. The number of hydrogen-bond donors (Lipinski definition) is 1. The van der Waals surface area contributed by atoms with E-state index in [9.17, 15) is 18.0 Å². The minimum absolute atomic E-state index is 0.0699. The average Bonchev–Trinajstić information content (AvgIpc) is 2.51. The number of carboxylic acid groups (broad SMARTS) is 1. The van der Waals surface area contributed by atoms with Crippen LogP contribution in [0.2, 0.25) is 0 Å². The first kappa shape index (κ1) is 12.9. The summed E-state index contributed by atoms with van der Waals surface area (Å²) in [7, 11) is 1.20. The van der Waals surface area contributed by atoms with Crippen molar-refractivity contribution in [3.63, 3.8) is 0 Å². The molecule has 1 aromatic carbocycles. The van der Waals surface area contributed by atoms with E-state index in [4.69, 9.17) is 5.11 Å². The van der Waals surface area contributed by atoms with Crippen LogP contribution in [0.4, 0.5) is 13.2 Å². The molecule has 0 bridgehead atoms. The van der Waals surface area contributed by atoms with Gasteiger partial charge in [0.15, 0.2) is 0 Å². The Morgan fingerprint density at radius 1 is 1.39 bits per heavy atom. The summed E-state index contributed by atoms with van der Waals surface area (Å²) < 4.78 is 40.2. The minimum Gasteiger partial charge on any atom is -0.478 e. The molecule has 2 rings (SSSR count). The normalized spacial score (nSPS) is 12.1. The Morgan fingerprint density at radius 2 is 2.00 bits per heavy atom. The number of aryl methyl sites for hydroxylation is 1. The molecule has 3 nitrogen and oxygen atoms in total. The van der Waals surface area contributed by atoms with Gasteiger partial charge in [0.2, 0.25) is 0 Å². The number of hydrogen-bond acceptors (Lipinski definition) is 1. The summed E-state index contributed by atoms with van der Waals surface area (Å²) in [6.45, 7) is 0. The third kappa shape index (κ3) is 1.88. The third-order valence-electron chi connectivity index (χ3n) is 2.65. The minimum atomic E-state index is -4.71. The Bertz CT molecular complexity index is 646. The molecule has 7 heteroatoms. The lowest BCUT2D eigenvalue weighted by atomic mass is 10.1. The second-order valence-corrected chi connectivity index (χ2v) is 4.66. The van der Waals surface area contributed by atoms with E-state index in [2.05, 4.69) is 15.9 Å². The maximum absolute atomic E-state index is 12.9. The molecule has 1 aromatic heterocycles. The van der Waals surface area contributed by atoms with Gasteiger partial charge in [-0.2, -0.15) is 13.2 Å². The highest BCUT2D eigenvalue weighted by atomic mass is 79.9. The van der Waals surface area contributed by atoms with Crippen molar-refractivity contribution < 1.29 is 23.1 Å². The molecule has 0 saturated heterocycles. The van der Waals surface area contributed by atoms with Gasteiger partial charge in [0.1, 0.15) is 5.69 Å². The van der Waals surface area contributed by atoms with Gasteiger partial charge in [-0.05, 0) is 12.1 Å². The fourth-order valence-corrected chi connectivity index (χ4v) is 2.31. The molecule has 1 heterocycles. The van der Waals surface area contributed by atoms with Crippen molar-refractivity contribution in [1.82, 2.24) is 4.57 Å². The van der Waals surface area contributed by atoms with Crippen LogP contribution in [0.1, 0.15) is 16.1 Å². The summed E-state index contributed by atoms with van der Waals surface area (Å²) in [4.78, 5) is 11.1. The second-order valence-electron chi connectivity index (χ2n) is 3.75. The number of fused-ring (bicyclic) bond motifs is 1. The van der Waals surface area contributed by atoms with E-state index in [0.717, 1.165) is 4.57 Å². The molecule has 0 saturated carbocycles. The Kier molecular flexibility index (Phi) is 2.89. The van der Waals surface area contributed by atoms with Gasteiger partial charge in [0, 0.05) is 16.9 Å². The molecule has 0 spiro atoms. The molecule has 1 N–H and O–H groups in total. The monoisotopic (exact) mass is 321 g/mol. The fraction of sp³-hybridized carbons (Fsp3) is 0.182. The van der Waals surface area contributed by atoms with Crippen molar-refractivity contribution in [3.8, 4) is 0 Å². The molecule has 0 atom stereocenters. The second kappa shape index (κ2) is 4.01. The Morgan fingerprint density at radius 3 is 2.50 bits per heavy atom. The number of carbonyl (C=O) groups is 1. The van der Waals surface area contributed by atoms with Crippen LogP contribution in [0, 0.1) is 0 Å². The van der Waals surface area contributed by atoms with E-state index in [0.29, 0.717) is 4.47 Å². The lowest BCUT2D eigenvalue weighted by Crippen LogP contribution is -2.15. The molecular formula is C11H7BrF3NO2.